The van der Waals surface area contributed by atoms with Gasteiger partial charge in [-0.3, -0.25) is 24.8 Å². The van der Waals surface area contributed by atoms with Gasteiger partial charge in [-0.05, 0) is 31.0 Å². The first-order valence-electron chi connectivity index (χ1n) is 9.64. The van der Waals surface area contributed by atoms with E-state index in [1.54, 1.807) is 0 Å². The van der Waals surface area contributed by atoms with Crippen LogP contribution >= 0.6 is 11.3 Å². The number of aryl methyl sites for hydroxylation is 1. The van der Waals surface area contributed by atoms with Gasteiger partial charge in [0.15, 0.2) is 5.13 Å². The van der Waals surface area contributed by atoms with Gasteiger partial charge in [0, 0.05) is 42.5 Å². The van der Waals surface area contributed by atoms with Crippen LogP contribution in [0, 0.1) is 13.8 Å². The molecule has 0 saturated carbocycles. The van der Waals surface area contributed by atoms with Crippen molar-refractivity contribution in [3.63, 3.8) is 0 Å². The van der Waals surface area contributed by atoms with Crippen LogP contribution in [0.2, 0.25) is 0 Å². The number of benzene rings is 1. The maximum Gasteiger partial charge on any atom is 0.277 e. The number of hydrogen-bond acceptors (Lipinski definition) is 7. The van der Waals surface area contributed by atoms with Gasteiger partial charge < -0.3 is 5.32 Å². The van der Waals surface area contributed by atoms with E-state index < -0.39 is 0 Å². The van der Waals surface area contributed by atoms with Gasteiger partial charge in [0.2, 0.25) is 5.91 Å². The molecule has 4 rings (SSSR count). The van der Waals surface area contributed by atoms with Crippen LogP contribution in [0.1, 0.15) is 32.2 Å². The van der Waals surface area contributed by atoms with Crippen molar-refractivity contribution in [1.29, 1.82) is 0 Å². The quantitative estimate of drug-likeness (QED) is 0.656. The third-order valence-electron chi connectivity index (χ3n) is 5.07. The molecule has 9 heteroatoms. The molecule has 1 aromatic carbocycles. The van der Waals surface area contributed by atoms with E-state index in [4.69, 9.17) is 0 Å². The molecule has 3 aromatic rings. The summed E-state index contributed by atoms with van der Waals surface area (Å²) >= 11 is 1.43. The van der Waals surface area contributed by atoms with Crippen molar-refractivity contribution in [2.75, 3.05) is 23.7 Å². The molecular formula is C21H22N6O2S. The van der Waals surface area contributed by atoms with Crippen LogP contribution in [0.5, 0.6) is 0 Å². The van der Waals surface area contributed by atoms with Crippen LogP contribution in [0.15, 0.2) is 36.8 Å². The van der Waals surface area contributed by atoms with Gasteiger partial charge in [-0.2, -0.15) is 0 Å². The predicted molar refractivity (Wildman–Crippen MR) is 116 cm³/mol. The number of anilines is 2. The molecule has 154 valence electrons. The van der Waals surface area contributed by atoms with Crippen molar-refractivity contribution >= 4 is 34.0 Å². The van der Waals surface area contributed by atoms with Crippen LogP contribution in [0.3, 0.4) is 0 Å². The third kappa shape index (κ3) is 4.52. The maximum absolute atomic E-state index is 12.5. The first-order valence-corrected chi connectivity index (χ1v) is 10.5. The molecule has 0 bridgehead atoms. The van der Waals surface area contributed by atoms with Crippen LogP contribution < -0.4 is 10.6 Å². The first-order chi connectivity index (χ1) is 14.5. The highest BCUT2D eigenvalue weighted by molar-refractivity contribution is 7.15. The largest absolute Gasteiger partial charge is 0.325 e. The zero-order chi connectivity index (χ0) is 21.1. The summed E-state index contributed by atoms with van der Waals surface area (Å²) in [6.45, 7) is 5.72. The summed E-state index contributed by atoms with van der Waals surface area (Å²) < 4.78 is 0. The highest BCUT2D eigenvalue weighted by Gasteiger charge is 2.23. The summed E-state index contributed by atoms with van der Waals surface area (Å²) in [5, 5.41) is 6.33. The Labute approximate surface area is 178 Å². The van der Waals surface area contributed by atoms with Crippen LogP contribution in [-0.4, -0.2) is 44.8 Å². The van der Waals surface area contributed by atoms with Crippen molar-refractivity contribution in [3.8, 4) is 0 Å². The minimum absolute atomic E-state index is 0.0344. The highest BCUT2D eigenvalue weighted by atomic mass is 32.1. The van der Waals surface area contributed by atoms with Gasteiger partial charge >= 0.3 is 0 Å². The molecule has 3 heterocycles. The number of carbonyl (C=O) groups excluding carboxylic acids is 2. The smallest absolute Gasteiger partial charge is 0.277 e. The molecule has 0 radical (unpaired) electrons. The van der Waals surface area contributed by atoms with Crippen LogP contribution in [0.4, 0.5) is 10.8 Å². The van der Waals surface area contributed by atoms with Crippen molar-refractivity contribution in [2.24, 2.45) is 0 Å². The molecule has 8 nitrogen and oxygen atoms in total. The average molecular weight is 423 g/mol. The van der Waals surface area contributed by atoms with Crippen LogP contribution in [0.25, 0.3) is 0 Å². The summed E-state index contributed by atoms with van der Waals surface area (Å²) in [7, 11) is 0. The standard InChI is InChI=1S/C21H22N6O2S/c1-13-4-3-5-15(14(13)2)24-19(28)12-27-9-6-16-18(11-27)30-21(25-16)26-20(29)17-10-22-7-8-23-17/h3-5,7-8,10H,6,9,11-12H2,1-2H3,(H,24,28)(H,25,26,29). The van der Waals surface area contributed by atoms with E-state index in [1.165, 1.54) is 29.9 Å². The Morgan fingerprint density at radius 2 is 2.07 bits per heavy atom. The van der Waals surface area contributed by atoms with Crippen molar-refractivity contribution < 1.29 is 9.59 Å². The number of nitrogens with zero attached hydrogens (tertiary/aromatic N) is 4. The fourth-order valence-corrected chi connectivity index (χ4v) is 4.34. The van der Waals surface area contributed by atoms with Gasteiger partial charge in [-0.1, -0.05) is 12.1 Å². The second kappa shape index (κ2) is 8.68. The van der Waals surface area contributed by atoms with E-state index in [2.05, 4.69) is 30.5 Å². The van der Waals surface area contributed by atoms with E-state index in [0.717, 1.165) is 40.4 Å². The third-order valence-corrected chi connectivity index (χ3v) is 6.07. The SMILES string of the molecule is Cc1cccc(NC(=O)CN2CCc3nc(NC(=O)c4cnccn4)sc3C2)c1C. The molecular weight excluding hydrogens is 400 g/mol. The normalized spacial score (nSPS) is 13.5. The lowest BCUT2D eigenvalue weighted by atomic mass is 10.1. The Hall–Kier alpha value is -3.17. The molecule has 0 unspecified atom stereocenters. The Kier molecular flexibility index (Phi) is 5.82. The second-order valence-electron chi connectivity index (χ2n) is 7.19. The number of rotatable bonds is 5. The lowest BCUT2D eigenvalue weighted by molar-refractivity contribution is -0.117. The number of hydrogen-bond donors (Lipinski definition) is 2. The number of thiazole rings is 1. The molecule has 0 fully saturated rings. The lowest BCUT2D eigenvalue weighted by Gasteiger charge is -2.25. The molecule has 2 aromatic heterocycles. The number of carbonyl (C=O) groups is 2. The fourth-order valence-electron chi connectivity index (χ4n) is 3.29. The second-order valence-corrected chi connectivity index (χ2v) is 8.27. The van der Waals surface area contributed by atoms with E-state index in [0.29, 0.717) is 18.2 Å². The number of amides is 2. The van der Waals surface area contributed by atoms with Crippen molar-refractivity contribution in [2.45, 2.75) is 26.8 Å². The topological polar surface area (TPSA) is 100 Å². The zero-order valence-electron chi connectivity index (χ0n) is 16.8. The summed E-state index contributed by atoms with van der Waals surface area (Å²) in [6, 6.07) is 5.89. The van der Waals surface area contributed by atoms with Gasteiger partial charge in [0.25, 0.3) is 5.91 Å². The molecule has 0 atom stereocenters. The Balaban J connectivity index is 1.36. The highest BCUT2D eigenvalue weighted by Crippen LogP contribution is 2.28. The Morgan fingerprint density at radius 3 is 2.87 bits per heavy atom. The maximum atomic E-state index is 12.5. The molecule has 1 aliphatic rings. The average Bonchev–Trinajstić information content (AvgIpc) is 3.13. The van der Waals surface area contributed by atoms with Crippen molar-refractivity contribution in [1.82, 2.24) is 19.9 Å². The molecule has 0 aliphatic carbocycles. The Morgan fingerprint density at radius 1 is 1.20 bits per heavy atom. The number of aromatic nitrogens is 3. The molecule has 0 saturated heterocycles. The molecule has 30 heavy (non-hydrogen) atoms. The van der Waals surface area contributed by atoms with Gasteiger partial charge in [0.1, 0.15) is 5.69 Å². The molecule has 1 aliphatic heterocycles. The summed E-state index contributed by atoms with van der Waals surface area (Å²) in [6.07, 6.45) is 5.15. The zero-order valence-corrected chi connectivity index (χ0v) is 17.6. The van der Waals surface area contributed by atoms with E-state index in [1.807, 2.05) is 32.0 Å². The predicted octanol–water partition coefficient (Wildman–Crippen LogP) is 2.80. The van der Waals surface area contributed by atoms with Crippen molar-refractivity contribution in [3.05, 3.63) is 64.2 Å². The minimum atomic E-state index is -0.334. The van der Waals surface area contributed by atoms with Gasteiger partial charge in [-0.25, -0.2) is 9.97 Å². The summed E-state index contributed by atoms with van der Waals surface area (Å²) in [4.78, 5) is 40.4. The van der Waals surface area contributed by atoms with E-state index in [-0.39, 0.29) is 17.5 Å². The first kappa shape index (κ1) is 20.1. The molecule has 2 N–H and O–H groups in total. The Bertz CT molecular complexity index is 1080. The fraction of sp³-hybridized carbons (Fsp3) is 0.286. The van der Waals surface area contributed by atoms with Gasteiger partial charge in [-0.15, -0.1) is 11.3 Å². The monoisotopic (exact) mass is 422 g/mol. The summed E-state index contributed by atoms with van der Waals surface area (Å²) in [5.41, 5.74) is 4.30. The van der Waals surface area contributed by atoms with E-state index in [9.17, 15) is 9.59 Å². The van der Waals surface area contributed by atoms with Crippen LogP contribution in [-0.2, 0) is 17.8 Å². The number of nitrogens with one attached hydrogen (secondary N) is 2. The molecule has 0 spiro atoms. The minimum Gasteiger partial charge on any atom is -0.325 e. The lowest BCUT2D eigenvalue weighted by Crippen LogP contribution is -2.36. The van der Waals surface area contributed by atoms with Gasteiger partial charge in [0.05, 0.1) is 18.4 Å². The van der Waals surface area contributed by atoms with E-state index >= 15 is 0 Å². The number of fused-ring (bicyclic) bond motifs is 1. The molecule has 2 amide bonds. The summed E-state index contributed by atoms with van der Waals surface area (Å²) in [5.74, 6) is -0.369.